The fraction of sp³-hybridized carbons (Fsp3) is 0.188. The lowest BCUT2D eigenvalue weighted by molar-refractivity contribution is -0.128. The van der Waals surface area contributed by atoms with Gasteiger partial charge in [0.25, 0.3) is 0 Å². The van der Waals surface area contributed by atoms with Gasteiger partial charge in [0.2, 0.25) is 11.7 Å². The number of hydrazone groups is 1. The Morgan fingerprint density at radius 1 is 1.27 bits per heavy atom. The van der Waals surface area contributed by atoms with Crippen LogP contribution in [0.25, 0.3) is 0 Å². The number of furan rings is 1. The molecule has 2 aromatic rings. The Morgan fingerprint density at radius 3 is 2.59 bits per heavy atom. The zero-order valence-electron chi connectivity index (χ0n) is 11.8. The summed E-state index contributed by atoms with van der Waals surface area (Å²) in [6, 6.07) is 10.4. The molecule has 0 N–H and O–H groups in total. The second-order valence-electron chi connectivity index (χ2n) is 5.00. The van der Waals surface area contributed by atoms with E-state index in [0.717, 1.165) is 5.56 Å². The third kappa shape index (κ3) is 2.67. The molecule has 0 saturated heterocycles. The molecule has 1 atom stereocenters. The normalized spacial score (nSPS) is 17.5. The van der Waals surface area contributed by atoms with Gasteiger partial charge in [0.05, 0.1) is 18.7 Å². The van der Waals surface area contributed by atoms with Crippen LogP contribution in [0.5, 0.6) is 0 Å². The van der Waals surface area contributed by atoms with E-state index in [2.05, 4.69) is 5.10 Å². The van der Waals surface area contributed by atoms with E-state index in [1.54, 1.807) is 24.3 Å². The third-order valence-electron chi connectivity index (χ3n) is 3.53. The van der Waals surface area contributed by atoms with Gasteiger partial charge in [-0.3, -0.25) is 9.59 Å². The fourth-order valence-electron chi connectivity index (χ4n) is 2.39. The smallest absolute Gasteiger partial charge is 0.244 e. The van der Waals surface area contributed by atoms with Crippen LogP contribution in [0.4, 0.5) is 0 Å². The molecule has 3 rings (SSSR count). The van der Waals surface area contributed by atoms with Gasteiger partial charge >= 0.3 is 0 Å². The van der Waals surface area contributed by atoms with Crippen LogP contribution in [0.3, 0.4) is 0 Å². The Kier molecular flexibility index (Phi) is 3.81. The summed E-state index contributed by atoms with van der Waals surface area (Å²) >= 11 is 5.90. The monoisotopic (exact) mass is 316 g/mol. The van der Waals surface area contributed by atoms with E-state index in [1.807, 2.05) is 12.1 Å². The molecule has 0 radical (unpaired) electrons. The molecular weight excluding hydrogens is 304 g/mol. The maximum Gasteiger partial charge on any atom is 0.244 e. The predicted molar refractivity (Wildman–Crippen MR) is 82.1 cm³/mol. The second kappa shape index (κ2) is 5.77. The van der Waals surface area contributed by atoms with E-state index in [9.17, 15) is 9.59 Å². The standard InChI is InChI=1S/C16H13ClN2O3/c1-10(20)19-9-13(11-4-6-12(17)7-5-11)15(18-19)16(21)14-3-2-8-22-14/h2-8,13H,9H2,1H3/t13-/m0/s1. The minimum Gasteiger partial charge on any atom is -0.461 e. The lowest BCUT2D eigenvalue weighted by atomic mass is 9.92. The van der Waals surface area contributed by atoms with E-state index < -0.39 is 0 Å². The first kappa shape index (κ1) is 14.5. The van der Waals surface area contributed by atoms with Crippen molar-refractivity contribution in [3.63, 3.8) is 0 Å². The first-order valence-electron chi connectivity index (χ1n) is 6.76. The number of hydrogen-bond donors (Lipinski definition) is 0. The minimum atomic E-state index is -0.311. The Morgan fingerprint density at radius 2 is 2.00 bits per heavy atom. The molecule has 0 unspecified atom stereocenters. The van der Waals surface area contributed by atoms with Gasteiger partial charge < -0.3 is 4.42 Å². The molecule has 0 aliphatic carbocycles. The van der Waals surface area contributed by atoms with Gasteiger partial charge in [0, 0.05) is 11.9 Å². The van der Waals surface area contributed by atoms with Crippen LogP contribution in [0.1, 0.15) is 29.0 Å². The van der Waals surface area contributed by atoms with Crippen LogP contribution in [-0.2, 0) is 4.79 Å². The number of rotatable bonds is 3. The number of carbonyl (C=O) groups is 2. The average Bonchev–Trinajstić information content (AvgIpc) is 3.17. The zero-order chi connectivity index (χ0) is 15.7. The van der Waals surface area contributed by atoms with Crippen molar-refractivity contribution >= 4 is 29.0 Å². The van der Waals surface area contributed by atoms with Crippen LogP contribution in [-0.4, -0.2) is 29.0 Å². The van der Waals surface area contributed by atoms with E-state index in [0.29, 0.717) is 17.3 Å². The molecule has 22 heavy (non-hydrogen) atoms. The van der Waals surface area contributed by atoms with Gasteiger partial charge in [0.15, 0.2) is 5.76 Å². The molecule has 0 bridgehead atoms. The Labute approximate surface area is 132 Å². The summed E-state index contributed by atoms with van der Waals surface area (Å²) in [6.07, 6.45) is 1.43. The van der Waals surface area contributed by atoms with E-state index in [4.69, 9.17) is 16.0 Å². The van der Waals surface area contributed by atoms with Gasteiger partial charge in [0.1, 0.15) is 5.71 Å². The highest BCUT2D eigenvalue weighted by molar-refractivity contribution is 6.47. The summed E-state index contributed by atoms with van der Waals surface area (Å²) < 4.78 is 5.15. The molecule has 2 heterocycles. The average molecular weight is 317 g/mol. The number of amides is 1. The summed E-state index contributed by atoms with van der Waals surface area (Å²) in [5, 5.41) is 6.09. The highest BCUT2D eigenvalue weighted by atomic mass is 35.5. The van der Waals surface area contributed by atoms with Gasteiger partial charge in [-0.15, -0.1) is 0 Å². The molecule has 0 fully saturated rings. The maximum absolute atomic E-state index is 12.5. The molecule has 112 valence electrons. The summed E-state index contributed by atoms with van der Waals surface area (Å²) in [5.74, 6) is -0.600. The molecule has 0 spiro atoms. The summed E-state index contributed by atoms with van der Waals surface area (Å²) in [5.41, 5.74) is 1.18. The molecule has 1 amide bonds. The number of benzene rings is 1. The Bertz CT molecular complexity index is 735. The van der Waals surface area contributed by atoms with Gasteiger partial charge in [-0.1, -0.05) is 23.7 Å². The Balaban J connectivity index is 1.98. The summed E-state index contributed by atoms with van der Waals surface area (Å²) in [4.78, 5) is 24.1. The van der Waals surface area contributed by atoms with Crippen molar-refractivity contribution in [2.45, 2.75) is 12.8 Å². The molecule has 6 heteroatoms. The summed E-state index contributed by atoms with van der Waals surface area (Å²) in [6.45, 7) is 1.75. The predicted octanol–water partition coefficient (Wildman–Crippen LogP) is 3.12. The van der Waals surface area contributed by atoms with Crippen LogP contribution >= 0.6 is 11.6 Å². The van der Waals surface area contributed by atoms with Crippen molar-refractivity contribution in [2.75, 3.05) is 6.54 Å². The van der Waals surface area contributed by atoms with Crippen LogP contribution in [0.2, 0.25) is 5.02 Å². The largest absolute Gasteiger partial charge is 0.461 e. The lowest BCUT2D eigenvalue weighted by Gasteiger charge is -2.13. The first-order valence-corrected chi connectivity index (χ1v) is 7.14. The van der Waals surface area contributed by atoms with E-state index in [1.165, 1.54) is 18.2 Å². The fourth-order valence-corrected chi connectivity index (χ4v) is 2.52. The van der Waals surface area contributed by atoms with E-state index >= 15 is 0 Å². The van der Waals surface area contributed by atoms with Crippen molar-refractivity contribution in [3.8, 4) is 0 Å². The summed E-state index contributed by atoms with van der Waals surface area (Å²) in [7, 11) is 0. The third-order valence-corrected chi connectivity index (χ3v) is 3.78. The van der Waals surface area contributed by atoms with Crippen LogP contribution in [0.15, 0.2) is 52.2 Å². The van der Waals surface area contributed by atoms with Gasteiger partial charge in [-0.2, -0.15) is 5.10 Å². The van der Waals surface area contributed by atoms with Crippen molar-refractivity contribution < 1.29 is 14.0 Å². The number of halogens is 1. The van der Waals surface area contributed by atoms with Crippen molar-refractivity contribution in [3.05, 3.63) is 59.0 Å². The quantitative estimate of drug-likeness (QED) is 0.817. The minimum absolute atomic E-state index is 0.207. The van der Waals surface area contributed by atoms with Crippen molar-refractivity contribution in [2.24, 2.45) is 5.10 Å². The molecule has 1 aliphatic rings. The topological polar surface area (TPSA) is 62.9 Å². The number of nitrogens with zero attached hydrogens (tertiary/aromatic N) is 2. The highest BCUT2D eigenvalue weighted by Crippen LogP contribution is 2.28. The zero-order valence-corrected chi connectivity index (χ0v) is 12.6. The number of hydrogen-bond acceptors (Lipinski definition) is 4. The molecule has 0 saturated carbocycles. The number of ketones is 1. The lowest BCUT2D eigenvalue weighted by Crippen LogP contribution is -2.24. The van der Waals surface area contributed by atoms with Gasteiger partial charge in [-0.05, 0) is 29.8 Å². The molecule has 1 aliphatic heterocycles. The molecule has 1 aromatic carbocycles. The first-order chi connectivity index (χ1) is 10.6. The molecular formula is C16H13ClN2O3. The van der Waals surface area contributed by atoms with Crippen LogP contribution < -0.4 is 0 Å². The number of carbonyl (C=O) groups excluding carboxylic acids is 2. The van der Waals surface area contributed by atoms with Crippen molar-refractivity contribution in [1.82, 2.24) is 5.01 Å². The van der Waals surface area contributed by atoms with Crippen LogP contribution in [0, 0.1) is 0 Å². The van der Waals surface area contributed by atoms with Crippen molar-refractivity contribution in [1.29, 1.82) is 0 Å². The number of Topliss-reactive ketones (excluding diaryl/α,β-unsaturated/α-hetero) is 1. The SMILES string of the molecule is CC(=O)N1C[C@@H](c2ccc(Cl)cc2)C(C(=O)c2ccco2)=N1. The van der Waals surface area contributed by atoms with E-state index in [-0.39, 0.29) is 23.4 Å². The second-order valence-corrected chi connectivity index (χ2v) is 5.43. The molecule has 5 nitrogen and oxygen atoms in total. The Hall–Kier alpha value is -2.40. The molecule has 1 aromatic heterocycles. The maximum atomic E-state index is 12.5. The highest BCUT2D eigenvalue weighted by Gasteiger charge is 2.35. The van der Waals surface area contributed by atoms with Gasteiger partial charge in [-0.25, -0.2) is 5.01 Å².